The molecule has 0 radical (unpaired) electrons. The molecular weight excluding hydrogens is 394 g/mol. The van der Waals surface area contributed by atoms with Crippen molar-refractivity contribution in [3.05, 3.63) is 71.3 Å². The lowest BCUT2D eigenvalue weighted by Crippen LogP contribution is -2.46. The number of rotatable bonds is 9. The van der Waals surface area contributed by atoms with E-state index in [-0.39, 0.29) is 23.8 Å². The average Bonchev–Trinajstić information content (AvgIpc) is 2.98. The van der Waals surface area contributed by atoms with Crippen molar-refractivity contribution in [2.75, 3.05) is 27.2 Å². The van der Waals surface area contributed by atoms with E-state index in [1.165, 1.54) is 56.5 Å². The molecule has 2 heterocycles. The lowest BCUT2D eigenvalue weighted by atomic mass is 9.97. The maximum absolute atomic E-state index is 13.5. The molecule has 0 amide bonds. The van der Waals surface area contributed by atoms with Crippen molar-refractivity contribution in [1.82, 2.24) is 9.80 Å². The Labute approximate surface area is 185 Å². The number of hydrogen-bond acceptors (Lipinski definition) is 3. The van der Waals surface area contributed by atoms with Gasteiger partial charge >= 0.3 is 0 Å². The second-order valence-corrected chi connectivity index (χ2v) is 9.35. The Morgan fingerprint density at radius 3 is 1.87 bits per heavy atom. The highest BCUT2D eigenvalue weighted by molar-refractivity contribution is 5.30. The van der Waals surface area contributed by atoms with Crippen LogP contribution >= 0.6 is 0 Å². The van der Waals surface area contributed by atoms with Crippen LogP contribution in [-0.2, 0) is 4.74 Å². The van der Waals surface area contributed by atoms with Gasteiger partial charge in [-0.25, -0.2) is 8.78 Å². The number of nitrogens with zero attached hydrogens (tertiary/aromatic N) is 2. The smallest absolute Gasteiger partial charge is 0.123 e. The largest absolute Gasteiger partial charge is 0.365 e. The van der Waals surface area contributed by atoms with Crippen molar-refractivity contribution >= 4 is 0 Å². The SMILES string of the molecule is CN(C)CCCCN1[C@@H]2CC[C@H]1CC(OC(c1ccc(F)cc1)c1ccc(F)cc1)C2. The fourth-order valence-electron chi connectivity index (χ4n) is 5.24. The van der Waals surface area contributed by atoms with Gasteiger partial charge in [0.25, 0.3) is 0 Å². The molecule has 2 bridgehead atoms. The molecule has 0 aliphatic carbocycles. The van der Waals surface area contributed by atoms with Crippen molar-refractivity contribution in [1.29, 1.82) is 0 Å². The summed E-state index contributed by atoms with van der Waals surface area (Å²) in [6, 6.07) is 14.1. The van der Waals surface area contributed by atoms with Crippen molar-refractivity contribution in [2.24, 2.45) is 0 Å². The Hall–Kier alpha value is -1.82. The van der Waals surface area contributed by atoms with E-state index in [0.717, 1.165) is 30.5 Å². The number of unbranched alkanes of at least 4 members (excludes halogenated alkanes) is 1. The van der Waals surface area contributed by atoms with Gasteiger partial charge in [0.05, 0.1) is 6.10 Å². The monoisotopic (exact) mass is 428 g/mol. The van der Waals surface area contributed by atoms with Crippen LogP contribution in [-0.4, -0.2) is 55.2 Å². The topological polar surface area (TPSA) is 15.7 Å². The van der Waals surface area contributed by atoms with E-state index in [2.05, 4.69) is 23.9 Å². The Kier molecular flexibility index (Phi) is 7.36. The summed E-state index contributed by atoms with van der Waals surface area (Å²) >= 11 is 0. The average molecular weight is 429 g/mol. The van der Waals surface area contributed by atoms with Crippen LogP contribution in [0.3, 0.4) is 0 Å². The van der Waals surface area contributed by atoms with Crippen LogP contribution < -0.4 is 0 Å². The lowest BCUT2D eigenvalue weighted by Gasteiger charge is -2.40. The molecule has 3 atom stereocenters. The molecule has 0 saturated carbocycles. The van der Waals surface area contributed by atoms with Crippen molar-refractivity contribution in [2.45, 2.75) is 62.8 Å². The molecule has 0 N–H and O–H groups in total. The van der Waals surface area contributed by atoms with Crippen molar-refractivity contribution in [3.63, 3.8) is 0 Å². The van der Waals surface area contributed by atoms with Gasteiger partial charge in [0, 0.05) is 12.1 Å². The Bertz CT molecular complexity index is 765. The minimum absolute atomic E-state index is 0.163. The van der Waals surface area contributed by atoms with E-state index in [9.17, 15) is 8.78 Å². The third-order valence-electron chi connectivity index (χ3n) is 6.79. The third-order valence-corrected chi connectivity index (χ3v) is 6.79. The highest BCUT2D eigenvalue weighted by Crippen LogP contribution is 2.39. The Morgan fingerprint density at radius 2 is 1.39 bits per heavy atom. The Balaban J connectivity index is 1.42. The molecule has 2 fully saturated rings. The van der Waals surface area contributed by atoms with Gasteiger partial charge in [0.15, 0.2) is 0 Å². The molecule has 0 spiro atoms. The number of benzene rings is 2. The van der Waals surface area contributed by atoms with Crippen LogP contribution in [0.4, 0.5) is 8.78 Å². The molecule has 5 heteroatoms. The minimum Gasteiger partial charge on any atom is -0.365 e. The van der Waals surface area contributed by atoms with E-state index in [4.69, 9.17) is 4.74 Å². The van der Waals surface area contributed by atoms with Crippen LogP contribution in [0.1, 0.15) is 55.8 Å². The maximum atomic E-state index is 13.5. The van der Waals surface area contributed by atoms with Gasteiger partial charge in [0.2, 0.25) is 0 Å². The fourth-order valence-corrected chi connectivity index (χ4v) is 5.24. The van der Waals surface area contributed by atoms with Crippen LogP contribution in [0, 0.1) is 11.6 Å². The molecule has 2 aliphatic rings. The molecule has 1 unspecified atom stereocenters. The Morgan fingerprint density at radius 1 is 0.871 bits per heavy atom. The second kappa shape index (κ2) is 10.2. The van der Waals surface area contributed by atoms with Crippen molar-refractivity contribution in [3.8, 4) is 0 Å². The first-order valence-corrected chi connectivity index (χ1v) is 11.6. The molecule has 2 saturated heterocycles. The molecule has 2 aromatic carbocycles. The number of fused-ring (bicyclic) bond motifs is 2. The van der Waals surface area contributed by atoms with Crippen LogP contribution in [0.5, 0.6) is 0 Å². The standard InChI is InChI=1S/C26H34F2N2O/c1-29(2)15-3-4-16-30-23-13-14-24(30)18-25(17-23)31-26(19-5-9-21(27)10-6-19)20-7-11-22(28)12-8-20/h5-12,23-26H,3-4,13-18H2,1-2H3/t23-,24+,25?. The predicted octanol–water partition coefficient (Wildman–Crippen LogP) is 5.41. The van der Waals surface area contributed by atoms with Gasteiger partial charge in [0.1, 0.15) is 17.7 Å². The third kappa shape index (κ3) is 5.71. The van der Waals surface area contributed by atoms with Gasteiger partial charge in [-0.15, -0.1) is 0 Å². The first-order valence-electron chi connectivity index (χ1n) is 11.6. The van der Waals surface area contributed by atoms with E-state index < -0.39 is 0 Å². The normalized spacial score (nSPS) is 23.7. The van der Waals surface area contributed by atoms with Gasteiger partial charge in [-0.2, -0.15) is 0 Å². The van der Waals surface area contributed by atoms with Crippen LogP contribution in [0.2, 0.25) is 0 Å². The summed E-state index contributed by atoms with van der Waals surface area (Å²) in [5, 5.41) is 0. The van der Waals surface area contributed by atoms with Crippen molar-refractivity contribution < 1.29 is 13.5 Å². The fraction of sp³-hybridized carbons (Fsp3) is 0.538. The zero-order chi connectivity index (χ0) is 21.8. The lowest BCUT2D eigenvalue weighted by molar-refractivity contribution is -0.0484. The zero-order valence-electron chi connectivity index (χ0n) is 18.6. The van der Waals surface area contributed by atoms with Gasteiger partial charge in [-0.3, -0.25) is 4.90 Å². The molecular formula is C26H34F2N2O. The first-order chi connectivity index (χ1) is 15.0. The summed E-state index contributed by atoms with van der Waals surface area (Å²) in [5.41, 5.74) is 1.82. The summed E-state index contributed by atoms with van der Waals surface area (Å²) in [5.74, 6) is -0.524. The summed E-state index contributed by atoms with van der Waals surface area (Å²) < 4.78 is 33.6. The molecule has 31 heavy (non-hydrogen) atoms. The molecule has 168 valence electrons. The summed E-state index contributed by atoms with van der Waals surface area (Å²) in [7, 11) is 4.26. The molecule has 3 nitrogen and oxygen atoms in total. The summed E-state index contributed by atoms with van der Waals surface area (Å²) in [4.78, 5) is 4.96. The highest BCUT2D eigenvalue weighted by Gasteiger charge is 2.41. The zero-order valence-corrected chi connectivity index (χ0v) is 18.6. The van der Waals surface area contributed by atoms with Crippen LogP contribution in [0.25, 0.3) is 0 Å². The molecule has 2 aliphatic heterocycles. The number of hydrogen-bond donors (Lipinski definition) is 0. The molecule has 2 aromatic rings. The van der Waals surface area contributed by atoms with E-state index >= 15 is 0 Å². The van der Waals surface area contributed by atoms with E-state index in [1.807, 2.05) is 0 Å². The van der Waals surface area contributed by atoms with Gasteiger partial charge in [-0.05, 0) is 101 Å². The van der Waals surface area contributed by atoms with Gasteiger partial charge in [-0.1, -0.05) is 24.3 Å². The summed E-state index contributed by atoms with van der Waals surface area (Å²) in [6.07, 6.45) is 6.88. The number of piperidine rings is 1. The predicted molar refractivity (Wildman–Crippen MR) is 120 cm³/mol. The quantitative estimate of drug-likeness (QED) is 0.497. The number of ether oxygens (including phenoxy) is 1. The summed E-state index contributed by atoms with van der Waals surface area (Å²) in [6.45, 7) is 2.32. The molecule has 4 rings (SSSR count). The van der Waals surface area contributed by atoms with Gasteiger partial charge < -0.3 is 9.64 Å². The highest BCUT2D eigenvalue weighted by atomic mass is 19.1. The second-order valence-electron chi connectivity index (χ2n) is 9.35. The number of halogens is 2. The van der Waals surface area contributed by atoms with Crippen LogP contribution in [0.15, 0.2) is 48.5 Å². The molecule has 0 aromatic heterocycles. The van der Waals surface area contributed by atoms with E-state index in [1.54, 1.807) is 24.3 Å². The first kappa shape index (κ1) is 22.4. The minimum atomic E-state index is -0.308. The van der Waals surface area contributed by atoms with E-state index in [0.29, 0.717) is 12.1 Å². The maximum Gasteiger partial charge on any atom is 0.123 e.